The minimum atomic E-state index is -1.24. The van der Waals surface area contributed by atoms with Gasteiger partial charge in [-0.25, -0.2) is 9.18 Å². The van der Waals surface area contributed by atoms with Crippen molar-refractivity contribution < 1.29 is 19.0 Å². The van der Waals surface area contributed by atoms with Crippen molar-refractivity contribution in [3.8, 4) is 0 Å². The number of methoxy groups -OCH3 is 1. The molecular weight excluding hydrogens is 261 g/mol. The predicted molar refractivity (Wildman–Crippen MR) is 73.3 cm³/mol. The molecule has 20 heavy (non-hydrogen) atoms. The molecule has 0 spiro atoms. The molecule has 1 heterocycles. The number of carbonyl (C=O) groups is 1. The van der Waals surface area contributed by atoms with Gasteiger partial charge in [0.05, 0.1) is 11.2 Å². The number of ether oxygens (including phenoxy) is 1. The molecule has 1 unspecified atom stereocenters. The molecule has 0 amide bonds. The number of rotatable bonds is 4. The predicted octanol–water partition coefficient (Wildman–Crippen LogP) is 2.52. The first-order valence-corrected chi connectivity index (χ1v) is 6.73. The molecule has 1 saturated heterocycles. The molecule has 0 saturated carbocycles. The van der Waals surface area contributed by atoms with Crippen molar-refractivity contribution in [1.82, 2.24) is 4.90 Å². The largest absolute Gasteiger partial charge is 0.478 e. The number of carboxylic acid groups (broad SMARTS) is 1. The zero-order valence-electron chi connectivity index (χ0n) is 11.9. The highest BCUT2D eigenvalue weighted by Gasteiger charge is 2.30. The van der Waals surface area contributed by atoms with Gasteiger partial charge in [-0.1, -0.05) is 6.07 Å². The van der Waals surface area contributed by atoms with Crippen LogP contribution < -0.4 is 0 Å². The third-order valence-corrected chi connectivity index (χ3v) is 3.90. The second-order valence-corrected chi connectivity index (χ2v) is 5.59. The van der Waals surface area contributed by atoms with E-state index in [1.54, 1.807) is 13.2 Å². The first-order valence-electron chi connectivity index (χ1n) is 6.73. The highest BCUT2D eigenvalue weighted by molar-refractivity contribution is 5.87. The summed E-state index contributed by atoms with van der Waals surface area (Å²) in [5.74, 6) is -1.92. The number of carboxylic acids is 1. The summed E-state index contributed by atoms with van der Waals surface area (Å²) in [7, 11) is 1.71. The molecule has 1 aromatic carbocycles. The molecule has 5 heteroatoms. The second kappa shape index (κ2) is 5.89. The Bertz CT molecular complexity index is 506. The number of piperidine rings is 1. The molecule has 0 aliphatic carbocycles. The van der Waals surface area contributed by atoms with E-state index in [0.29, 0.717) is 6.54 Å². The van der Waals surface area contributed by atoms with Crippen LogP contribution in [0.4, 0.5) is 4.39 Å². The van der Waals surface area contributed by atoms with E-state index in [0.717, 1.165) is 31.5 Å². The lowest BCUT2D eigenvalue weighted by atomic mass is 9.94. The summed E-state index contributed by atoms with van der Waals surface area (Å²) in [6.07, 6.45) is 2.06. The zero-order chi connectivity index (χ0) is 14.8. The molecule has 1 aliphatic heterocycles. The maximum Gasteiger partial charge on any atom is 0.338 e. The second-order valence-electron chi connectivity index (χ2n) is 5.59. The quantitative estimate of drug-likeness (QED) is 0.921. The van der Waals surface area contributed by atoms with Crippen LogP contribution in [0.2, 0.25) is 0 Å². The van der Waals surface area contributed by atoms with E-state index in [4.69, 9.17) is 9.84 Å². The first-order chi connectivity index (χ1) is 9.43. The lowest BCUT2D eigenvalue weighted by Gasteiger charge is -2.39. The van der Waals surface area contributed by atoms with Gasteiger partial charge in [0.2, 0.25) is 0 Å². The molecule has 0 radical (unpaired) electrons. The highest BCUT2D eigenvalue weighted by Crippen LogP contribution is 2.25. The van der Waals surface area contributed by atoms with Crippen LogP contribution in [-0.4, -0.2) is 41.8 Å². The van der Waals surface area contributed by atoms with E-state index < -0.39 is 11.8 Å². The van der Waals surface area contributed by atoms with E-state index in [9.17, 15) is 9.18 Å². The van der Waals surface area contributed by atoms with Gasteiger partial charge in [-0.15, -0.1) is 0 Å². The van der Waals surface area contributed by atoms with Crippen molar-refractivity contribution in [1.29, 1.82) is 0 Å². The zero-order valence-corrected chi connectivity index (χ0v) is 11.9. The number of aromatic carboxylic acids is 1. The van der Waals surface area contributed by atoms with Crippen LogP contribution in [0.1, 0.15) is 35.7 Å². The summed E-state index contributed by atoms with van der Waals surface area (Å²) in [6.45, 7) is 4.43. The van der Waals surface area contributed by atoms with Crippen LogP contribution in [0, 0.1) is 5.82 Å². The summed E-state index contributed by atoms with van der Waals surface area (Å²) in [5, 5.41) is 8.81. The van der Waals surface area contributed by atoms with Crippen molar-refractivity contribution in [3.63, 3.8) is 0 Å². The Morgan fingerprint density at radius 1 is 1.55 bits per heavy atom. The van der Waals surface area contributed by atoms with E-state index in [1.807, 2.05) is 0 Å². The van der Waals surface area contributed by atoms with Crippen LogP contribution in [-0.2, 0) is 11.3 Å². The van der Waals surface area contributed by atoms with Crippen molar-refractivity contribution >= 4 is 5.97 Å². The Morgan fingerprint density at radius 2 is 2.30 bits per heavy atom. The fraction of sp³-hybridized carbons (Fsp3) is 0.533. The Kier molecular flexibility index (Phi) is 4.40. The Hall–Kier alpha value is -1.46. The summed E-state index contributed by atoms with van der Waals surface area (Å²) in [6, 6.07) is 4.31. The monoisotopic (exact) mass is 281 g/mol. The van der Waals surface area contributed by atoms with Crippen molar-refractivity contribution in [2.24, 2.45) is 0 Å². The van der Waals surface area contributed by atoms with Crippen LogP contribution in [0.25, 0.3) is 0 Å². The standard InChI is InChI=1S/C15H20FNO3/c1-15(20-2)6-3-7-17(10-15)9-11-4-5-12(14(18)19)13(16)8-11/h4-5,8H,3,6-7,9-10H2,1-2H3,(H,18,19). The van der Waals surface area contributed by atoms with Gasteiger partial charge in [0, 0.05) is 20.2 Å². The summed E-state index contributed by atoms with van der Waals surface area (Å²) in [4.78, 5) is 13.0. The van der Waals surface area contributed by atoms with E-state index in [-0.39, 0.29) is 11.2 Å². The number of nitrogens with zero attached hydrogens (tertiary/aromatic N) is 1. The first kappa shape index (κ1) is 14.9. The average molecular weight is 281 g/mol. The Morgan fingerprint density at radius 3 is 2.90 bits per heavy atom. The molecule has 4 nitrogen and oxygen atoms in total. The minimum Gasteiger partial charge on any atom is -0.478 e. The van der Waals surface area contributed by atoms with Crippen LogP contribution >= 0.6 is 0 Å². The van der Waals surface area contributed by atoms with Crippen molar-refractivity contribution in [2.45, 2.75) is 31.9 Å². The van der Waals surface area contributed by atoms with Gasteiger partial charge < -0.3 is 9.84 Å². The summed E-state index contributed by atoms with van der Waals surface area (Å²) in [5.41, 5.74) is 0.347. The number of benzene rings is 1. The number of halogens is 1. The van der Waals surface area contributed by atoms with Crippen molar-refractivity contribution in [2.75, 3.05) is 20.2 Å². The van der Waals surface area contributed by atoms with Gasteiger partial charge in [-0.05, 0) is 44.0 Å². The third kappa shape index (κ3) is 3.35. The number of hydrogen-bond donors (Lipinski definition) is 1. The number of likely N-dealkylation sites (tertiary alicyclic amines) is 1. The minimum absolute atomic E-state index is 0.155. The van der Waals surface area contributed by atoms with Crippen LogP contribution in [0.5, 0.6) is 0 Å². The molecule has 0 bridgehead atoms. The van der Waals surface area contributed by atoms with Crippen molar-refractivity contribution in [3.05, 3.63) is 35.1 Å². The lowest BCUT2D eigenvalue weighted by Crippen LogP contribution is -2.46. The number of hydrogen-bond acceptors (Lipinski definition) is 3. The SMILES string of the molecule is COC1(C)CCCN(Cc2ccc(C(=O)O)c(F)c2)C1. The van der Waals surface area contributed by atoms with E-state index in [1.165, 1.54) is 12.1 Å². The fourth-order valence-corrected chi connectivity index (χ4v) is 2.70. The van der Waals surface area contributed by atoms with Gasteiger partial charge in [0.1, 0.15) is 5.82 Å². The summed E-state index contributed by atoms with van der Waals surface area (Å²) < 4.78 is 19.2. The van der Waals surface area contributed by atoms with Gasteiger partial charge in [-0.3, -0.25) is 4.90 Å². The van der Waals surface area contributed by atoms with Gasteiger partial charge >= 0.3 is 5.97 Å². The molecule has 1 N–H and O–H groups in total. The van der Waals surface area contributed by atoms with Crippen LogP contribution in [0.15, 0.2) is 18.2 Å². The van der Waals surface area contributed by atoms with Gasteiger partial charge in [-0.2, -0.15) is 0 Å². The molecule has 2 rings (SSSR count). The fourth-order valence-electron chi connectivity index (χ4n) is 2.70. The molecule has 1 fully saturated rings. The average Bonchev–Trinajstić information content (AvgIpc) is 2.38. The maximum atomic E-state index is 13.6. The lowest BCUT2D eigenvalue weighted by molar-refractivity contribution is -0.0527. The van der Waals surface area contributed by atoms with Gasteiger partial charge in [0.15, 0.2) is 0 Å². The molecule has 1 aromatic rings. The topological polar surface area (TPSA) is 49.8 Å². The molecule has 1 atom stereocenters. The van der Waals surface area contributed by atoms with E-state index in [2.05, 4.69) is 11.8 Å². The van der Waals surface area contributed by atoms with Crippen LogP contribution in [0.3, 0.4) is 0 Å². The molecule has 1 aliphatic rings. The normalized spacial score (nSPS) is 23.8. The molecule has 0 aromatic heterocycles. The molecular formula is C15H20FNO3. The van der Waals surface area contributed by atoms with E-state index >= 15 is 0 Å². The maximum absolute atomic E-state index is 13.6. The van der Waals surface area contributed by atoms with Gasteiger partial charge in [0.25, 0.3) is 0 Å². The third-order valence-electron chi connectivity index (χ3n) is 3.90. The Balaban J connectivity index is 2.07. The highest BCUT2D eigenvalue weighted by atomic mass is 19.1. The molecule has 110 valence electrons. The smallest absolute Gasteiger partial charge is 0.338 e. The Labute approximate surface area is 118 Å². The summed E-state index contributed by atoms with van der Waals surface area (Å²) >= 11 is 0.